The summed E-state index contributed by atoms with van der Waals surface area (Å²) >= 11 is 3.36. The molecule has 0 unspecified atom stereocenters. The molecule has 0 heterocycles. The maximum Gasteiger partial charge on any atom is 0.471 e. The van der Waals surface area contributed by atoms with E-state index < -0.39 is 35.9 Å². The number of carbonyl (C=O) groups excluding carboxylic acids is 1. The van der Waals surface area contributed by atoms with Crippen LogP contribution in [0.4, 0.5) is 32.0 Å². The number of hydrogen-bond acceptors (Lipinski definition) is 3. The number of amides is 1. The molecule has 2 N–H and O–H groups in total. The highest BCUT2D eigenvalue weighted by Crippen LogP contribution is 2.33. The van der Waals surface area contributed by atoms with Crippen molar-refractivity contribution in [1.82, 2.24) is 5.32 Å². The second-order valence-electron chi connectivity index (χ2n) is 7.84. The van der Waals surface area contributed by atoms with Gasteiger partial charge in [0.05, 0.1) is 24.8 Å². The Morgan fingerprint density at radius 2 is 1.53 bits per heavy atom. The molecule has 0 aromatic heterocycles. The third-order valence-corrected chi connectivity index (χ3v) is 6.16. The molecule has 3 aromatic carbocycles. The van der Waals surface area contributed by atoms with Crippen LogP contribution in [0.15, 0.2) is 77.3 Å². The van der Waals surface area contributed by atoms with Gasteiger partial charge in [0.25, 0.3) is 0 Å². The first-order valence-corrected chi connectivity index (χ1v) is 11.4. The average molecular weight is 575 g/mol. The number of ether oxygens (including phenoxy) is 1. The molecule has 0 bridgehead atoms. The summed E-state index contributed by atoms with van der Waals surface area (Å²) in [4.78, 5) is 12.0. The van der Waals surface area contributed by atoms with E-state index in [-0.39, 0.29) is 12.0 Å². The summed E-state index contributed by atoms with van der Waals surface area (Å²) in [6, 6.07) is 15.0. The molecule has 0 radical (unpaired) electrons. The molecule has 11 heteroatoms. The van der Waals surface area contributed by atoms with Crippen molar-refractivity contribution in [2.75, 3.05) is 12.4 Å². The van der Waals surface area contributed by atoms with Crippen molar-refractivity contribution < 1.29 is 35.9 Å². The topological polar surface area (TPSA) is 50.4 Å². The molecular formula is C25H21BrF6N2O2. The predicted molar refractivity (Wildman–Crippen MR) is 127 cm³/mol. The van der Waals surface area contributed by atoms with Crippen LogP contribution in [0.5, 0.6) is 5.75 Å². The van der Waals surface area contributed by atoms with E-state index in [2.05, 4.69) is 21.2 Å². The lowest BCUT2D eigenvalue weighted by atomic mass is 9.92. The number of anilines is 1. The number of nitrogens with one attached hydrogen (secondary N) is 2. The highest BCUT2D eigenvalue weighted by atomic mass is 79.9. The van der Waals surface area contributed by atoms with Gasteiger partial charge >= 0.3 is 18.3 Å². The lowest BCUT2D eigenvalue weighted by molar-refractivity contribution is -0.174. The van der Waals surface area contributed by atoms with Crippen molar-refractivity contribution in [1.29, 1.82) is 0 Å². The summed E-state index contributed by atoms with van der Waals surface area (Å²) in [6.45, 7) is 0. The fourth-order valence-corrected chi connectivity index (χ4v) is 4.01. The maximum atomic E-state index is 13.2. The fourth-order valence-electron chi connectivity index (χ4n) is 3.57. The summed E-state index contributed by atoms with van der Waals surface area (Å²) in [6.07, 6.45) is -9.80. The first-order chi connectivity index (χ1) is 16.9. The standard InChI is InChI=1S/C25H21BrF6N2O2/c1-36-19-12-10-18(11-13-19)33-22(15-6-8-17(9-7-15)24(27,28)29)21(34-23(35)25(30,31)32)14-16-4-2-3-5-20(16)26/h2-13,21-22,33H,14H2,1H3,(H,34,35)/t21-,22+/m0/s1. The monoisotopic (exact) mass is 574 g/mol. The van der Waals surface area contributed by atoms with Crippen LogP contribution in [-0.2, 0) is 17.4 Å². The van der Waals surface area contributed by atoms with Gasteiger partial charge in [-0.05, 0) is 60.0 Å². The second kappa shape index (κ2) is 11.2. The van der Waals surface area contributed by atoms with Crippen LogP contribution in [0.3, 0.4) is 0 Å². The Hall–Kier alpha value is -3.21. The van der Waals surface area contributed by atoms with Crippen molar-refractivity contribution in [2.24, 2.45) is 0 Å². The Morgan fingerprint density at radius 1 is 0.917 bits per heavy atom. The van der Waals surface area contributed by atoms with E-state index in [1.807, 2.05) is 5.32 Å². The van der Waals surface area contributed by atoms with E-state index in [1.54, 1.807) is 48.5 Å². The van der Waals surface area contributed by atoms with E-state index in [4.69, 9.17) is 4.74 Å². The number of hydrogen-bond donors (Lipinski definition) is 2. The second-order valence-corrected chi connectivity index (χ2v) is 8.70. The number of carbonyl (C=O) groups is 1. The lowest BCUT2D eigenvalue weighted by Crippen LogP contribution is -2.48. The van der Waals surface area contributed by atoms with Gasteiger partial charge in [-0.3, -0.25) is 4.79 Å². The summed E-state index contributed by atoms with van der Waals surface area (Å²) in [5.41, 5.74) is 0.395. The Kier molecular flexibility index (Phi) is 8.55. The molecule has 192 valence electrons. The Balaban J connectivity index is 2.06. The van der Waals surface area contributed by atoms with E-state index in [0.717, 1.165) is 12.1 Å². The zero-order valence-corrected chi connectivity index (χ0v) is 20.3. The van der Waals surface area contributed by atoms with Gasteiger partial charge < -0.3 is 15.4 Å². The van der Waals surface area contributed by atoms with Crippen molar-refractivity contribution in [3.63, 3.8) is 0 Å². The molecule has 2 atom stereocenters. The molecule has 0 saturated carbocycles. The average Bonchev–Trinajstić information content (AvgIpc) is 2.83. The normalized spacial score (nSPS) is 13.6. The van der Waals surface area contributed by atoms with E-state index >= 15 is 0 Å². The van der Waals surface area contributed by atoms with Gasteiger partial charge in [-0.15, -0.1) is 0 Å². The molecule has 36 heavy (non-hydrogen) atoms. The minimum atomic E-state index is -5.16. The van der Waals surface area contributed by atoms with Gasteiger partial charge in [0.15, 0.2) is 0 Å². The molecule has 0 aliphatic heterocycles. The smallest absolute Gasteiger partial charge is 0.471 e. The molecule has 1 amide bonds. The zero-order valence-electron chi connectivity index (χ0n) is 18.8. The maximum absolute atomic E-state index is 13.2. The predicted octanol–water partition coefficient (Wildman–Crippen LogP) is 6.92. The van der Waals surface area contributed by atoms with Gasteiger partial charge in [0.2, 0.25) is 0 Å². The first-order valence-electron chi connectivity index (χ1n) is 10.6. The van der Waals surface area contributed by atoms with Crippen LogP contribution < -0.4 is 15.4 Å². The van der Waals surface area contributed by atoms with Crippen molar-refractivity contribution in [3.8, 4) is 5.75 Å². The largest absolute Gasteiger partial charge is 0.497 e. The van der Waals surface area contributed by atoms with Gasteiger partial charge in [0, 0.05) is 10.2 Å². The Bertz CT molecular complexity index is 1160. The van der Waals surface area contributed by atoms with Gasteiger partial charge in [-0.2, -0.15) is 26.3 Å². The van der Waals surface area contributed by atoms with Crippen molar-refractivity contribution >= 4 is 27.5 Å². The van der Waals surface area contributed by atoms with Crippen LogP contribution in [0, 0.1) is 0 Å². The van der Waals surface area contributed by atoms with Crippen LogP contribution in [0.25, 0.3) is 0 Å². The van der Waals surface area contributed by atoms with Gasteiger partial charge in [-0.1, -0.05) is 46.3 Å². The molecule has 3 rings (SSSR count). The SMILES string of the molecule is COc1ccc(N[C@H](c2ccc(C(F)(F)F)cc2)[C@H](Cc2ccccc2Br)NC(=O)C(F)(F)F)cc1. The molecule has 0 spiro atoms. The molecule has 0 fully saturated rings. The molecule has 0 aliphatic carbocycles. The fraction of sp³-hybridized carbons (Fsp3) is 0.240. The molecule has 0 saturated heterocycles. The number of benzene rings is 3. The molecule has 3 aromatic rings. The third kappa shape index (κ3) is 7.16. The Labute approximate surface area is 211 Å². The molecule has 4 nitrogen and oxygen atoms in total. The summed E-state index contributed by atoms with van der Waals surface area (Å²) in [5.74, 6) is -1.63. The minimum absolute atomic E-state index is 0.0575. The quantitative estimate of drug-likeness (QED) is 0.287. The third-order valence-electron chi connectivity index (χ3n) is 5.38. The van der Waals surface area contributed by atoms with Crippen molar-refractivity contribution in [2.45, 2.75) is 30.9 Å². The van der Waals surface area contributed by atoms with E-state index in [9.17, 15) is 31.1 Å². The minimum Gasteiger partial charge on any atom is -0.497 e. The highest BCUT2D eigenvalue weighted by molar-refractivity contribution is 9.10. The van der Waals surface area contributed by atoms with Crippen LogP contribution >= 0.6 is 15.9 Å². The number of methoxy groups -OCH3 is 1. The summed E-state index contributed by atoms with van der Waals surface area (Å²) in [5, 5.41) is 5.09. The van der Waals surface area contributed by atoms with Gasteiger partial charge in [-0.25, -0.2) is 0 Å². The first kappa shape index (κ1) is 27.4. The zero-order chi connectivity index (χ0) is 26.5. The van der Waals surface area contributed by atoms with E-state index in [1.165, 1.54) is 19.2 Å². The summed E-state index contributed by atoms with van der Waals surface area (Å²) in [7, 11) is 1.47. The van der Waals surface area contributed by atoms with Gasteiger partial charge in [0.1, 0.15) is 5.75 Å². The highest BCUT2D eigenvalue weighted by Gasteiger charge is 2.41. The molecule has 0 aliphatic rings. The Morgan fingerprint density at radius 3 is 2.06 bits per heavy atom. The summed E-state index contributed by atoms with van der Waals surface area (Å²) < 4.78 is 84.7. The van der Waals surface area contributed by atoms with Crippen LogP contribution in [-0.4, -0.2) is 25.2 Å². The molecular weight excluding hydrogens is 554 g/mol. The number of alkyl halides is 6. The van der Waals surface area contributed by atoms with Crippen LogP contribution in [0.1, 0.15) is 22.7 Å². The number of rotatable bonds is 8. The number of halogens is 7. The van der Waals surface area contributed by atoms with Crippen molar-refractivity contribution in [3.05, 3.63) is 94.0 Å². The van der Waals surface area contributed by atoms with Crippen LogP contribution in [0.2, 0.25) is 0 Å². The lowest BCUT2D eigenvalue weighted by Gasteiger charge is -2.31. The van der Waals surface area contributed by atoms with E-state index in [0.29, 0.717) is 21.5 Å².